The van der Waals surface area contributed by atoms with Crippen molar-refractivity contribution >= 4 is 23.2 Å². The number of carbonyl (C=O) groups is 2. The summed E-state index contributed by atoms with van der Waals surface area (Å²) in [6, 6.07) is 11.2. The van der Waals surface area contributed by atoms with E-state index in [2.05, 4.69) is 19.2 Å². The summed E-state index contributed by atoms with van der Waals surface area (Å²) in [5.74, 6) is 1.42. The quantitative estimate of drug-likeness (QED) is 0.769. The normalized spacial score (nSPS) is 13.3. The highest BCUT2D eigenvalue weighted by molar-refractivity contribution is 5.97. The topological polar surface area (TPSA) is 67.9 Å². The molecule has 2 amide bonds. The molecule has 2 aromatic carbocycles. The fourth-order valence-electron chi connectivity index (χ4n) is 3.44. The number of hydrogen-bond acceptors (Lipinski definition) is 4. The maximum absolute atomic E-state index is 12.3. The molecule has 3 rings (SSSR count). The molecule has 0 aliphatic carbocycles. The van der Waals surface area contributed by atoms with Crippen LogP contribution in [0.1, 0.15) is 31.4 Å². The van der Waals surface area contributed by atoms with E-state index in [1.807, 2.05) is 42.2 Å². The average molecular weight is 396 g/mol. The minimum absolute atomic E-state index is 0.117. The molecule has 0 radical (unpaired) electrons. The van der Waals surface area contributed by atoms with E-state index in [-0.39, 0.29) is 18.4 Å². The van der Waals surface area contributed by atoms with E-state index < -0.39 is 0 Å². The Hall–Kier alpha value is -3.02. The molecule has 1 aliphatic heterocycles. The Kier molecular flexibility index (Phi) is 6.42. The van der Waals surface area contributed by atoms with Crippen molar-refractivity contribution in [2.45, 2.75) is 33.6 Å². The first kappa shape index (κ1) is 20.7. The van der Waals surface area contributed by atoms with Crippen LogP contribution >= 0.6 is 0 Å². The monoisotopic (exact) mass is 396 g/mol. The van der Waals surface area contributed by atoms with Gasteiger partial charge in [-0.05, 0) is 60.7 Å². The van der Waals surface area contributed by atoms with Crippen LogP contribution in [0.4, 0.5) is 11.4 Å². The molecule has 0 unspecified atom stereocenters. The summed E-state index contributed by atoms with van der Waals surface area (Å²) < 4.78 is 10.9. The Balaban J connectivity index is 1.65. The fourth-order valence-corrected chi connectivity index (χ4v) is 3.44. The van der Waals surface area contributed by atoms with Gasteiger partial charge in [0.15, 0.2) is 18.1 Å². The van der Waals surface area contributed by atoms with Gasteiger partial charge in [0.25, 0.3) is 5.91 Å². The van der Waals surface area contributed by atoms with Crippen LogP contribution < -0.4 is 19.7 Å². The number of carbonyl (C=O) groups excluding carboxylic acids is 2. The standard InChI is InChI=1S/C23H28N2O4/c1-15(2)13-25-19-8-7-18(12-17(19)6-10-23(25)27)24-22(26)14-29-20-9-5-16(3)11-21(20)28-4/h5,7-9,11-12,15H,6,10,13-14H2,1-4H3,(H,24,26). The van der Waals surface area contributed by atoms with Crippen molar-refractivity contribution in [2.75, 3.05) is 30.5 Å². The number of hydrogen-bond donors (Lipinski definition) is 1. The van der Waals surface area contributed by atoms with Crippen molar-refractivity contribution in [3.05, 3.63) is 47.5 Å². The molecule has 0 spiro atoms. The number of amides is 2. The van der Waals surface area contributed by atoms with Gasteiger partial charge in [0.1, 0.15) is 0 Å². The number of methoxy groups -OCH3 is 1. The molecule has 154 valence electrons. The summed E-state index contributed by atoms with van der Waals surface area (Å²) in [5, 5.41) is 2.87. The van der Waals surface area contributed by atoms with Crippen LogP contribution in [0.3, 0.4) is 0 Å². The number of fused-ring (bicyclic) bond motifs is 1. The second-order valence-corrected chi connectivity index (χ2v) is 7.73. The van der Waals surface area contributed by atoms with Crippen molar-refractivity contribution in [1.29, 1.82) is 0 Å². The zero-order valence-corrected chi connectivity index (χ0v) is 17.5. The van der Waals surface area contributed by atoms with Crippen LogP contribution in [0, 0.1) is 12.8 Å². The third-order valence-electron chi connectivity index (χ3n) is 4.79. The molecule has 6 nitrogen and oxygen atoms in total. The Labute approximate surface area is 171 Å². The molecule has 2 aromatic rings. The molecule has 1 aliphatic rings. The molecule has 0 saturated carbocycles. The lowest BCUT2D eigenvalue weighted by Gasteiger charge is -2.31. The number of benzene rings is 2. The number of aryl methyl sites for hydroxylation is 2. The number of ether oxygens (including phenoxy) is 2. The Morgan fingerprint density at radius 3 is 2.66 bits per heavy atom. The molecule has 0 atom stereocenters. The molecule has 29 heavy (non-hydrogen) atoms. The molecule has 0 aromatic heterocycles. The highest BCUT2D eigenvalue weighted by atomic mass is 16.5. The molecule has 6 heteroatoms. The number of nitrogens with zero attached hydrogens (tertiary/aromatic N) is 1. The van der Waals surface area contributed by atoms with Gasteiger partial charge in [-0.15, -0.1) is 0 Å². The number of rotatable bonds is 7. The third-order valence-corrected chi connectivity index (χ3v) is 4.79. The van der Waals surface area contributed by atoms with Gasteiger partial charge >= 0.3 is 0 Å². The van der Waals surface area contributed by atoms with E-state index in [0.717, 1.165) is 16.8 Å². The third kappa shape index (κ3) is 5.08. The van der Waals surface area contributed by atoms with Gasteiger partial charge in [0, 0.05) is 24.3 Å². The second kappa shape index (κ2) is 8.99. The predicted molar refractivity (Wildman–Crippen MR) is 114 cm³/mol. The van der Waals surface area contributed by atoms with Crippen LogP contribution in [0.5, 0.6) is 11.5 Å². The van der Waals surface area contributed by atoms with Crippen molar-refractivity contribution < 1.29 is 19.1 Å². The first-order chi connectivity index (χ1) is 13.9. The van der Waals surface area contributed by atoms with Crippen molar-refractivity contribution in [2.24, 2.45) is 5.92 Å². The number of anilines is 2. The van der Waals surface area contributed by atoms with Crippen LogP contribution in [0.15, 0.2) is 36.4 Å². The van der Waals surface area contributed by atoms with Crippen LogP contribution in [-0.2, 0) is 16.0 Å². The molecule has 1 N–H and O–H groups in total. The van der Waals surface area contributed by atoms with E-state index in [4.69, 9.17) is 9.47 Å². The zero-order chi connectivity index (χ0) is 21.0. The lowest BCUT2D eigenvalue weighted by molar-refractivity contribution is -0.119. The van der Waals surface area contributed by atoms with Gasteiger partial charge in [0.2, 0.25) is 5.91 Å². The highest BCUT2D eigenvalue weighted by Gasteiger charge is 2.25. The minimum atomic E-state index is -0.251. The molecule has 0 saturated heterocycles. The minimum Gasteiger partial charge on any atom is -0.493 e. The maximum atomic E-state index is 12.3. The smallest absolute Gasteiger partial charge is 0.262 e. The Bertz CT molecular complexity index is 908. The van der Waals surface area contributed by atoms with Gasteiger partial charge in [-0.2, -0.15) is 0 Å². The molecule has 0 bridgehead atoms. The van der Waals surface area contributed by atoms with E-state index >= 15 is 0 Å². The largest absolute Gasteiger partial charge is 0.493 e. The van der Waals surface area contributed by atoms with Crippen LogP contribution in [0.2, 0.25) is 0 Å². The van der Waals surface area contributed by atoms with Crippen molar-refractivity contribution in [3.63, 3.8) is 0 Å². The SMILES string of the molecule is COc1cc(C)ccc1OCC(=O)Nc1ccc2c(c1)CCC(=O)N2CC(C)C. The fraction of sp³-hybridized carbons (Fsp3) is 0.391. The van der Waals surface area contributed by atoms with Gasteiger partial charge in [-0.3, -0.25) is 9.59 Å². The lowest BCUT2D eigenvalue weighted by atomic mass is 9.99. The summed E-state index contributed by atoms with van der Waals surface area (Å²) in [7, 11) is 1.57. The van der Waals surface area contributed by atoms with Gasteiger partial charge in [-0.1, -0.05) is 19.9 Å². The predicted octanol–water partition coefficient (Wildman–Crippen LogP) is 3.96. The molecule has 0 fully saturated rings. The average Bonchev–Trinajstić information content (AvgIpc) is 2.68. The van der Waals surface area contributed by atoms with E-state index in [0.29, 0.717) is 42.5 Å². The van der Waals surface area contributed by atoms with Crippen molar-refractivity contribution in [1.82, 2.24) is 0 Å². The zero-order valence-electron chi connectivity index (χ0n) is 17.5. The molecular weight excluding hydrogens is 368 g/mol. The van der Waals surface area contributed by atoms with Crippen LogP contribution in [-0.4, -0.2) is 32.1 Å². The lowest BCUT2D eigenvalue weighted by Crippen LogP contribution is -2.37. The van der Waals surface area contributed by atoms with E-state index in [1.54, 1.807) is 13.2 Å². The van der Waals surface area contributed by atoms with Gasteiger partial charge < -0.3 is 19.7 Å². The summed E-state index contributed by atoms with van der Waals surface area (Å²) >= 11 is 0. The first-order valence-electron chi connectivity index (χ1n) is 9.88. The summed E-state index contributed by atoms with van der Waals surface area (Å²) in [5.41, 5.74) is 3.77. The first-order valence-corrected chi connectivity index (χ1v) is 9.88. The van der Waals surface area contributed by atoms with Gasteiger partial charge in [-0.25, -0.2) is 0 Å². The maximum Gasteiger partial charge on any atom is 0.262 e. The van der Waals surface area contributed by atoms with E-state index in [9.17, 15) is 9.59 Å². The summed E-state index contributed by atoms with van der Waals surface area (Å²) in [6.45, 7) is 6.74. The molecular formula is C23H28N2O4. The second-order valence-electron chi connectivity index (χ2n) is 7.73. The highest BCUT2D eigenvalue weighted by Crippen LogP contribution is 2.31. The number of nitrogens with one attached hydrogen (secondary N) is 1. The summed E-state index contributed by atoms with van der Waals surface area (Å²) in [4.78, 5) is 26.5. The van der Waals surface area contributed by atoms with Crippen LogP contribution in [0.25, 0.3) is 0 Å². The van der Waals surface area contributed by atoms with Gasteiger partial charge in [0.05, 0.1) is 7.11 Å². The van der Waals surface area contributed by atoms with E-state index in [1.165, 1.54) is 0 Å². The Morgan fingerprint density at radius 2 is 1.93 bits per heavy atom. The molecule has 1 heterocycles. The van der Waals surface area contributed by atoms with Crippen molar-refractivity contribution in [3.8, 4) is 11.5 Å². The Morgan fingerprint density at radius 1 is 1.14 bits per heavy atom. The summed E-state index contributed by atoms with van der Waals surface area (Å²) in [6.07, 6.45) is 1.18.